The van der Waals surface area contributed by atoms with Crippen LogP contribution in [-0.4, -0.2) is 28.4 Å². The van der Waals surface area contributed by atoms with Crippen LogP contribution in [-0.2, 0) is 9.59 Å². The van der Waals surface area contributed by atoms with Crippen LogP contribution in [0.4, 0.5) is 10.1 Å². The number of ether oxygens (including phenoxy) is 1. The highest BCUT2D eigenvalue weighted by Crippen LogP contribution is 2.42. The maximum absolute atomic E-state index is 13.9. The molecule has 1 amide bonds. The number of carbonyl (C=O) groups excluding carboxylic acids is 2. The zero-order chi connectivity index (χ0) is 22.0. The van der Waals surface area contributed by atoms with Crippen molar-refractivity contribution in [3.05, 3.63) is 95.6 Å². The number of Topliss-reactive ketones (excluding diaryl/α,β-unsaturated/α-hetero) is 1. The lowest BCUT2D eigenvalue weighted by atomic mass is 9.95. The molecule has 1 N–H and O–H groups in total. The molecule has 0 spiro atoms. The van der Waals surface area contributed by atoms with Crippen molar-refractivity contribution < 1.29 is 23.8 Å². The van der Waals surface area contributed by atoms with E-state index in [1.54, 1.807) is 36.4 Å². The summed E-state index contributed by atoms with van der Waals surface area (Å²) in [6, 6.07) is 14.4. The summed E-state index contributed by atoms with van der Waals surface area (Å²) in [6.07, 6.45) is 3.05. The average Bonchev–Trinajstić information content (AvgIpc) is 3.05. The topological polar surface area (TPSA) is 79.7 Å². The second-order valence-electron chi connectivity index (χ2n) is 6.89. The SMILES string of the molecule is CCOc1cccc(/C(O)=C2\C(=O)C(=O)N(c3cccc(F)c3)C2c2ccncc2)c1. The summed E-state index contributed by atoms with van der Waals surface area (Å²) in [5, 5.41) is 11.1. The second-order valence-corrected chi connectivity index (χ2v) is 6.89. The molecule has 0 saturated carbocycles. The first kappa shape index (κ1) is 20.3. The molecule has 0 bridgehead atoms. The van der Waals surface area contributed by atoms with Crippen molar-refractivity contribution in [1.82, 2.24) is 4.98 Å². The standard InChI is InChI=1S/C24H19FN2O4/c1-2-31-19-8-3-5-16(13-19)22(28)20-21(15-9-11-26-12-10-15)27(24(30)23(20)29)18-7-4-6-17(25)14-18/h3-14,21,28H,2H2,1H3/b22-20+. The van der Waals surface area contributed by atoms with E-state index in [0.29, 0.717) is 23.5 Å². The van der Waals surface area contributed by atoms with Gasteiger partial charge in [-0.15, -0.1) is 0 Å². The van der Waals surface area contributed by atoms with E-state index in [1.165, 1.54) is 41.6 Å². The second kappa shape index (κ2) is 8.39. The third kappa shape index (κ3) is 3.77. The van der Waals surface area contributed by atoms with Gasteiger partial charge >= 0.3 is 0 Å². The molecule has 1 aliphatic heterocycles. The van der Waals surface area contributed by atoms with E-state index in [4.69, 9.17) is 4.74 Å². The molecule has 0 radical (unpaired) electrons. The number of nitrogens with zero attached hydrogens (tertiary/aromatic N) is 2. The smallest absolute Gasteiger partial charge is 0.300 e. The Hall–Kier alpha value is -4.00. The summed E-state index contributed by atoms with van der Waals surface area (Å²) >= 11 is 0. The highest BCUT2D eigenvalue weighted by Gasteiger charge is 2.47. The molecule has 156 valence electrons. The van der Waals surface area contributed by atoms with Gasteiger partial charge in [-0.3, -0.25) is 19.5 Å². The number of aromatic nitrogens is 1. The molecule has 1 saturated heterocycles. The summed E-state index contributed by atoms with van der Waals surface area (Å²) in [5.74, 6) is -2.07. The van der Waals surface area contributed by atoms with Crippen LogP contribution in [0, 0.1) is 5.82 Å². The maximum atomic E-state index is 13.9. The summed E-state index contributed by atoms with van der Waals surface area (Å²) in [6.45, 7) is 2.27. The van der Waals surface area contributed by atoms with Gasteiger partial charge in [0, 0.05) is 23.6 Å². The number of pyridine rings is 1. The molecule has 4 rings (SSSR count). The molecule has 2 aromatic carbocycles. The Morgan fingerprint density at radius 2 is 1.84 bits per heavy atom. The summed E-state index contributed by atoms with van der Waals surface area (Å²) in [5.41, 5.74) is 1.02. The van der Waals surface area contributed by atoms with Gasteiger partial charge in [-0.1, -0.05) is 18.2 Å². The van der Waals surface area contributed by atoms with Crippen molar-refractivity contribution in [3.63, 3.8) is 0 Å². The van der Waals surface area contributed by atoms with Crippen molar-refractivity contribution in [2.24, 2.45) is 0 Å². The van der Waals surface area contributed by atoms with Crippen molar-refractivity contribution in [3.8, 4) is 5.75 Å². The highest BCUT2D eigenvalue weighted by molar-refractivity contribution is 6.51. The molecule has 0 aliphatic carbocycles. The number of carbonyl (C=O) groups is 2. The van der Waals surface area contributed by atoms with Gasteiger partial charge in [0.25, 0.3) is 11.7 Å². The van der Waals surface area contributed by atoms with E-state index in [1.807, 2.05) is 6.92 Å². The van der Waals surface area contributed by atoms with Gasteiger partial charge in [-0.05, 0) is 55.0 Å². The Kier molecular flexibility index (Phi) is 5.49. The van der Waals surface area contributed by atoms with E-state index in [9.17, 15) is 19.1 Å². The zero-order valence-electron chi connectivity index (χ0n) is 16.7. The van der Waals surface area contributed by atoms with E-state index in [-0.39, 0.29) is 17.0 Å². The summed E-state index contributed by atoms with van der Waals surface area (Å²) in [4.78, 5) is 31.2. The van der Waals surface area contributed by atoms with Gasteiger partial charge in [0.05, 0.1) is 18.2 Å². The van der Waals surface area contributed by atoms with E-state index in [0.717, 1.165) is 0 Å². The van der Waals surface area contributed by atoms with Crippen LogP contribution in [0.1, 0.15) is 24.1 Å². The highest BCUT2D eigenvalue weighted by atomic mass is 19.1. The fraction of sp³-hybridized carbons (Fsp3) is 0.125. The lowest BCUT2D eigenvalue weighted by Gasteiger charge is -2.25. The van der Waals surface area contributed by atoms with E-state index in [2.05, 4.69) is 4.98 Å². The summed E-state index contributed by atoms with van der Waals surface area (Å²) in [7, 11) is 0. The number of halogens is 1. The fourth-order valence-corrected chi connectivity index (χ4v) is 3.64. The molecule has 1 aliphatic rings. The third-order valence-corrected chi connectivity index (χ3v) is 4.97. The number of ketones is 1. The van der Waals surface area contributed by atoms with Gasteiger partial charge in [0.15, 0.2) is 0 Å². The first-order valence-corrected chi connectivity index (χ1v) is 9.71. The van der Waals surface area contributed by atoms with Crippen LogP contribution < -0.4 is 9.64 Å². The van der Waals surface area contributed by atoms with Gasteiger partial charge in [-0.2, -0.15) is 0 Å². The van der Waals surface area contributed by atoms with E-state index < -0.39 is 23.5 Å². The molecule has 3 aromatic rings. The Morgan fingerprint density at radius 3 is 2.55 bits per heavy atom. The minimum atomic E-state index is -0.944. The molecule has 31 heavy (non-hydrogen) atoms. The molecular formula is C24H19FN2O4. The maximum Gasteiger partial charge on any atom is 0.300 e. The molecule has 6 nitrogen and oxygen atoms in total. The Morgan fingerprint density at radius 1 is 1.10 bits per heavy atom. The third-order valence-electron chi connectivity index (χ3n) is 4.97. The minimum Gasteiger partial charge on any atom is -0.507 e. The van der Waals surface area contributed by atoms with Crippen molar-refractivity contribution in [2.45, 2.75) is 13.0 Å². The molecule has 1 aromatic heterocycles. The number of hydrogen-bond acceptors (Lipinski definition) is 5. The monoisotopic (exact) mass is 418 g/mol. The lowest BCUT2D eigenvalue weighted by Crippen LogP contribution is -2.29. The number of rotatable bonds is 5. The number of anilines is 1. The summed E-state index contributed by atoms with van der Waals surface area (Å²) < 4.78 is 19.4. The quantitative estimate of drug-likeness (QED) is 0.381. The molecule has 1 fully saturated rings. The average molecular weight is 418 g/mol. The Labute approximate surface area is 178 Å². The van der Waals surface area contributed by atoms with Crippen molar-refractivity contribution >= 4 is 23.1 Å². The lowest BCUT2D eigenvalue weighted by molar-refractivity contribution is -0.132. The van der Waals surface area contributed by atoms with Gasteiger partial charge in [0.2, 0.25) is 0 Å². The normalized spacial score (nSPS) is 17.7. The number of aliphatic hydroxyl groups is 1. The van der Waals surface area contributed by atoms with Crippen LogP contribution in [0.25, 0.3) is 5.76 Å². The largest absolute Gasteiger partial charge is 0.507 e. The van der Waals surface area contributed by atoms with Crippen LogP contribution in [0.15, 0.2) is 78.6 Å². The molecule has 2 heterocycles. The number of amides is 1. The first-order chi connectivity index (χ1) is 15.0. The van der Waals surface area contributed by atoms with Crippen LogP contribution in [0.2, 0.25) is 0 Å². The molecule has 7 heteroatoms. The zero-order valence-corrected chi connectivity index (χ0v) is 16.7. The van der Waals surface area contributed by atoms with Crippen LogP contribution >= 0.6 is 0 Å². The van der Waals surface area contributed by atoms with Crippen LogP contribution in [0.5, 0.6) is 5.75 Å². The van der Waals surface area contributed by atoms with Crippen molar-refractivity contribution in [2.75, 3.05) is 11.5 Å². The molecular weight excluding hydrogens is 399 g/mol. The molecule has 1 atom stereocenters. The first-order valence-electron chi connectivity index (χ1n) is 9.71. The predicted octanol–water partition coefficient (Wildman–Crippen LogP) is 4.25. The van der Waals surface area contributed by atoms with Gasteiger partial charge in [0.1, 0.15) is 17.3 Å². The van der Waals surface area contributed by atoms with Crippen LogP contribution in [0.3, 0.4) is 0 Å². The van der Waals surface area contributed by atoms with Crippen molar-refractivity contribution in [1.29, 1.82) is 0 Å². The molecule has 1 unspecified atom stereocenters. The minimum absolute atomic E-state index is 0.0888. The van der Waals surface area contributed by atoms with E-state index >= 15 is 0 Å². The Balaban J connectivity index is 1.92. The van der Waals surface area contributed by atoms with Gasteiger partial charge in [-0.25, -0.2) is 4.39 Å². The predicted molar refractivity (Wildman–Crippen MR) is 113 cm³/mol. The fourth-order valence-electron chi connectivity index (χ4n) is 3.64. The Bertz CT molecular complexity index is 1180. The van der Waals surface area contributed by atoms with Gasteiger partial charge < -0.3 is 9.84 Å². The number of aliphatic hydroxyl groups excluding tert-OH is 1. The number of hydrogen-bond donors (Lipinski definition) is 1. The number of benzene rings is 2.